The summed E-state index contributed by atoms with van der Waals surface area (Å²) in [6.07, 6.45) is 17.6. The molecule has 0 bridgehead atoms. The van der Waals surface area contributed by atoms with Crippen LogP contribution in [-0.2, 0) is 60.9 Å². The predicted octanol–water partition coefficient (Wildman–Crippen LogP) is 11.9. The first kappa shape index (κ1) is 60.2. The molecule has 0 fully saturated rings. The molecule has 0 spiro atoms. The lowest BCUT2D eigenvalue weighted by molar-refractivity contribution is 0.681. The highest BCUT2D eigenvalue weighted by molar-refractivity contribution is 7.18. The summed E-state index contributed by atoms with van der Waals surface area (Å²) in [4.78, 5) is 37.9. The fourth-order valence-electron chi connectivity index (χ4n) is 7.27. The Kier molecular flexibility index (Phi) is 23.9. The van der Waals surface area contributed by atoms with Crippen molar-refractivity contribution in [3.8, 4) is 0 Å². The molecule has 11 aromatic rings. The Morgan fingerprint density at radius 2 is 1.11 bits per heavy atom. The van der Waals surface area contributed by atoms with Crippen LogP contribution in [0.3, 0.4) is 0 Å². The maximum Gasteiger partial charge on any atom is 0.147 e. The third kappa shape index (κ3) is 19.5. The maximum atomic E-state index is 4.47. The number of hydrogen-bond donors (Lipinski definition) is 0. The summed E-state index contributed by atoms with van der Waals surface area (Å²) >= 11 is 7.24. The lowest BCUT2D eigenvalue weighted by Crippen LogP contribution is -1.98. The van der Waals surface area contributed by atoms with Gasteiger partial charge >= 0.3 is 0 Å². The van der Waals surface area contributed by atoms with Crippen LogP contribution >= 0.6 is 45.3 Å². The monoisotopic (exact) mass is 1100 g/mol. The van der Waals surface area contributed by atoms with E-state index in [0.717, 1.165) is 45.2 Å². The van der Waals surface area contributed by atoms with Gasteiger partial charge in [0.05, 0.1) is 58.4 Å². The molecule has 21 heteroatoms. The topological polar surface area (TPSA) is 179 Å². The number of benzene rings is 2. The second-order valence-corrected chi connectivity index (χ2v) is 23.2. The molecule has 2 aliphatic rings. The molecule has 13 rings (SSSR count). The van der Waals surface area contributed by atoms with Crippen molar-refractivity contribution in [1.29, 1.82) is 0 Å². The van der Waals surface area contributed by atoms with Crippen LogP contribution in [0.4, 0.5) is 0 Å². The van der Waals surface area contributed by atoms with Gasteiger partial charge in [-0.05, 0) is 145 Å². The van der Waals surface area contributed by atoms with Crippen LogP contribution in [0.2, 0.25) is 0 Å². The number of nitrogens with zero attached hydrogens (tertiary/aromatic N) is 17. The molecule has 9 heterocycles. The third-order valence-electron chi connectivity index (χ3n) is 11.9. The molecule has 0 atom stereocenters. The van der Waals surface area contributed by atoms with Crippen molar-refractivity contribution in [1.82, 2.24) is 83.3 Å². The third-order valence-corrected chi connectivity index (χ3v) is 15.9. The van der Waals surface area contributed by atoms with E-state index in [9.17, 15) is 0 Å². The van der Waals surface area contributed by atoms with Crippen molar-refractivity contribution in [3.63, 3.8) is 0 Å². The molecule has 17 nitrogen and oxygen atoms in total. The van der Waals surface area contributed by atoms with Crippen LogP contribution in [0.25, 0.3) is 21.3 Å². The summed E-state index contributed by atoms with van der Waals surface area (Å²) in [6, 6.07) is 16.3. The maximum absolute atomic E-state index is 4.47. The van der Waals surface area contributed by atoms with Crippen molar-refractivity contribution >= 4 is 66.6 Å². The van der Waals surface area contributed by atoms with Gasteiger partial charge < -0.3 is 13.7 Å². The lowest BCUT2D eigenvalue weighted by Gasteiger charge is -2.06. The van der Waals surface area contributed by atoms with Gasteiger partial charge in [0.25, 0.3) is 0 Å². The molecular formula is C55H75N17S4. The van der Waals surface area contributed by atoms with Crippen LogP contribution in [0.1, 0.15) is 100 Å². The fourth-order valence-corrected chi connectivity index (χ4v) is 11.0. The van der Waals surface area contributed by atoms with Crippen LogP contribution < -0.4 is 0 Å². The van der Waals surface area contributed by atoms with E-state index in [-0.39, 0.29) is 0 Å². The first-order valence-electron chi connectivity index (χ1n) is 25.2. The van der Waals surface area contributed by atoms with Gasteiger partial charge in [-0.15, -0.1) is 55.5 Å². The number of para-hydroxylation sites is 3. The predicted molar refractivity (Wildman–Crippen MR) is 314 cm³/mol. The van der Waals surface area contributed by atoms with E-state index in [4.69, 9.17) is 0 Å². The van der Waals surface area contributed by atoms with E-state index in [1.807, 2.05) is 165 Å². The average Bonchev–Trinajstić information content (AvgIpc) is 4.28. The molecule has 0 aliphatic heterocycles. The largest absolute Gasteiger partial charge is 0.338 e. The van der Waals surface area contributed by atoms with Crippen molar-refractivity contribution < 1.29 is 0 Å². The number of rotatable bonds is 0. The summed E-state index contributed by atoms with van der Waals surface area (Å²) < 4.78 is 10.6. The van der Waals surface area contributed by atoms with Gasteiger partial charge in [0.2, 0.25) is 0 Å². The normalized spacial score (nSPS) is 11.6. The Bertz CT molecular complexity index is 3170. The van der Waals surface area contributed by atoms with Gasteiger partial charge in [-0.3, -0.25) is 9.36 Å². The minimum atomic E-state index is 0.822. The van der Waals surface area contributed by atoms with E-state index in [1.165, 1.54) is 103 Å². The summed E-state index contributed by atoms with van der Waals surface area (Å²) in [6.45, 7) is 22.1. The van der Waals surface area contributed by atoms with E-state index in [1.54, 1.807) is 55.8 Å². The van der Waals surface area contributed by atoms with Crippen molar-refractivity contribution in [3.05, 3.63) is 161 Å². The number of aryl methyl sites for hydroxylation is 20. The van der Waals surface area contributed by atoms with Crippen LogP contribution in [0.5, 0.6) is 0 Å². The molecule has 0 unspecified atom stereocenters. The van der Waals surface area contributed by atoms with Crippen molar-refractivity contribution in [2.45, 2.75) is 121 Å². The van der Waals surface area contributed by atoms with E-state index < -0.39 is 0 Å². The van der Waals surface area contributed by atoms with Gasteiger partial charge in [-0.25, -0.2) is 39.9 Å². The molecule has 0 amide bonds. The molecule has 404 valence electrons. The van der Waals surface area contributed by atoms with E-state index in [0.29, 0.717) is 0 Å². The van der Waals surface area contributed by atoms with Crippen LogP contribution in [0.15, 0.2) is 79.9 Å². The standard InChI is InChI=1S/C9H10N2.C8H11NS.C8H7NS.C7H9NS.C6H9NS.C5H8N2.3C4H7N3/c1-7-10-8-5-3-4-6-9(8)11(7)2;2*1-6-9-7-4-2-3-5-8(7)10-6;1-5-8-6-3-2-4-7(6)9-5;1-4-5(2)8-6(3)7-4;1-5-6-3-4-7(5)2;1-4-6-5-3-7(4)2;1-4-5-3-7(2)6-4;1-4-5-3-6-7(4)2/h3-6H,1-2H3;2-5H2,1H3;2-5H,1H3;2-4H2,1H3;1-3H3;3-4H,1-2H3;3*3H,1-2H3. The first-order chi connectivity index (χ1) is 36.3. The highest BCUT2D eigenvalue weighted by atomic mass is 32.1. The Morgan fingerprint density at radius 1 is 0.500 bits per heavy atom. The van der Waals surface area contributed by atoms with Crippen LogP contribution in [0, 0.1) is 76.2 Å². The Balaban J connectivity index is 0.000000159. The quantitative estimate of drug-likeness (QED) is 0.140. The molecule has 2 aromatic carbocycles. The first-order valence-corrected chi connectivity index (χ1v) is 28.4. The average molecular weight is 1100 g/mol. The van der Waals surface area contributed by atoms with Crippen molar-refractivity contribution in [2.24, 2.45) is 35.2 Å². The number of hydrogen-bond acceptors (Lipinski definition) is 16. The zero-order chi connectivity index (χ0) is 55.3. The van der Waals surface area contributed by atoms with E-state index in [2.05, 4.69) is 97.7 Å². The van der Waals surface area contributed by atoms with Gasteiger partial charge in [0.15, 0.2) is 0 Å². The van der Waals surface area contributed by atoms with Gasteiger partial charge in [-0.1, -0.05) is 24.3 Å². The summed E-state index contributed by atoms with van der Waals surface area (Å²) in [5.74, 6) is 4.83. The smallest absolute Gasteiger partial charge is 0.147 e. The molecule has 76 heavy (non-hydrogen) atoms. The molecule has 0 radical (unpaired) electrons. The number of fused-ring (bicyclic) bond motifs is 4. The second-order valence-electron chi connectivity index (χ2n) is 18.0. The number of thiazole rings is 4. The van der Waals surface area contributed by atoms with Gasteiger partial charge in [0, 0.05) is 62.3 Å². The second kappa shape index (κ2) is 30.2. The molecule has 0 N–H and O–H groups in total. The lowest BCUT2D eigenvalue weighted by atomic mass is 10.0. The SMILES string of the molecule is Cc1nc(C)c(C)s1.Cc1nc2c(s1)CCC2.Cc1nc2c(s1)CCCC2.Cc1nc2ccccc2n1C.Cc1nc2ccccc2s1.Cc1nccn1C.Cc1ncn(C)n1.Cc1ncnn1C.Cc1nncn1C. The zero-order valence-electron chi connectivity index (χ0n) is 47.2. The Hall–Kier alpha value is -6.68. The highest BCUT2D eigenvalue weighted by Gasteiger charge is 2.14. The molecule has 9 aromatic heterocycles. The minimum Gasteiger partial charge on any atom is -0.338 e. The van der Waals surface area contributed by atoms with Crippen molar-refractivity contribution in [2.75, 3.05) is 0 Å². The van der Waals surface area contributed by atoms with E-state index >= 15 is 0 Å². The summed E-state index contributed by atoms with van der Waals surface area (Å²) in [7, 11) is 9.63. The van der Waals surface area contributed by atoms with Crippen LogP contribution in [-0.4, -0.2) is 83.3 Å². The Labute approximate surface area is 464 Å². The van der Waals surface area contributed by atoms with Gasteiger partial charge in [-0.2, -0.15) is 10.2 Å². The number of imidazole rings is 2. The number of aromatic nitrogens is 17. The summed E-state index contributed by atoms with van der Waals surface area (Å²) in [5.41, 5.74) is 7.32. The van der Waals surface area contributed by atoms with Gasteiger partial charge in [0.1, 0.15) is 48.1 Å². The molecule has 0 saturated heterocycles. The molecule has 2 aliphatic carbocycles. The zero-order valence-corrected chi connectivity index (χ0v) is 50.5. The minimum absolute atomic E-state index is 0.822. The fraction of sp³-hybridized carbons (Fsp3) is 0.418. The molecule has 0 saturated carbocycles. The highest BCUT2D eigenvalue weighted by Crippen LogP contribution is 2.27. The summed E-state index contributed by atoms with van der Waals surface area (Å²) in [5, 5.41) is 19.9. The Morgan fingerprint density at radius 3 is 1.51 bits per heavy atom. The molecular weight excluding hydrogens is 1030 g/mol.